The molecule has 2 aromatic heterocycles. The van der Waals surface area contributed by atoms with Crippen molar-refractivity contribution in [3.8, 4) is 29.6 Å². The molecule has 3 saturated heterocycles. The molecule has 8 rings (SSSR count). The van der Waals surface area contributed by atoms with Crippen LogP contribution in [0.4, 0.5) is 25.1 Å². The lowest BCUT2D eigenvalue weighted by Crippen LogP contribution is -2.47. The molecule has 13 heteroatoms. The number of amides is 1. The Labute approximate surface area is 307 Å². The summed E-state index contributed by atoms with van der Waals surface area (Å²) in [6.07, 6.45) is 10.8. The van der Waals surface area contributed by atoms with Gasteiger partial charge in [-0.1, -0.05) is 12.0 Å². The molecule has 4 aliphatic heterocycles. The van der Waals surface area contributed by atoms with Gasteiger partial charge in [0, 0.05) is 35.8 Å². The van der Waals surface area contributed by atoms with E-state index in [4.69, 9.17) is 35.6 Å². The van der Waals surface area contributed by atoms with Gasteiger partial charge in [0.25, 0.3) is 0 Å². The number of aliphatic hydroxyl groups is 1. The second-order valence-corrected chi connectivity index (χ2v) is 15.6. The summed E-state index contributed by atoms with van der Waals surface area (Å²) in [5.41, 5.74) is -0.0362. The van der Waals surface area contributed by atoms with Crippen LogP contribution in [0, 0.1) is 24.0 Å². The zero-order chi connectivity index (χ0) is 37.1. The standard InChI is InChI=1S/C40H44F2N6O5/c1-5-27-29(41)10-8-23-18-24(43-38(50)53-39(2,3)4)19-28(31(23)27)34-33(42)35-32-30(44-34)11-9-26-21-51-17-7-15-47(26)36(32)46-37(45-35)52-22-40-13-6-16-48(40)25(20-49)12-14-40/h1,8,10,18-19,25-26,49H,6-7,9,11-17,20-22H2,2-4H3,(H,43,50)/t25-,26-,40-/m0/s1. The van der Waals surface area contributed by atoms with Crippen molar-refractivity contribution in [3.63, 3.8) is 0 Å². The first-order valence-corrected chi connectivity index (χ1v) is 18.5. The molecule has 0 aliphatic carbocycles. The SMILES string of the molecule is C#Cc1c(F)ccc2cc(NC(=O)OC(C)(C)C)cc(-c3nc4c5c(nc(OC[C@@]67CCCN6[C@H](CO)CC7)nc5c3F)N3CCCOC[C@@H]3CC4)c12. The number of aromatic nitrogens is 3. The largest absolute Gasteiger partial charge is 0.461 e. The third-order valence-corrected chi connectivity index (χ3v) is 11.1. The van der Waals surface area contributed by atoms with Gasteiger partial charge in [-0.2, -0.15) is 9.97 Å². The number of benzene rings is 2. The van der Waals surface area contributed by atoms with Crippen LogP contribution in [0.1, 0.15) is 70.6 Å². The number of ether oxygens (including phenoxy) is 3. The van der Waals surface area contributed by atoms with Crippen molar-refractivity contribution in [2.45, 2.75) is 88.9 Å². The number of pyridine rings is 1. The fourth-order valence-corrected chi connectivity index (χ4v) is 8.75. The van der Waals surface area contributed by atoms with Crippen LogP contribution in [0.2, 0.25) is 0 Å². The van der Waals surface area contributed by atoms with Gasteiger partial charge in [-0.15, -0.1) is 6.42 Å². The van der Waals surface area contributed by atoms with Crippen molar-refractivity contribution in [2.24, 2.45) is 0 Å². The number of nitrogens with zero attached hydrogens (tertiary/aromatic N) is 5. The molecule has 0 saturated carbocycles. The Morgan fingerprint density at radius 3 is 2.77 bits per heavy atom. The molecule has 6 heterocycles. The lowest BCUT2D eigenvalue weighted by Gasteiger charge is -2.34. The van der Waals surface area contributed by atoms with Crippen LogP contribution < -0.4 is 15.0 Å². The van der Waals surface area contributed by atoms with E-state index in [1.165, 1.54) is 12.1 Å². The number of hydrogen-bond donors (Lipinski definition) is 2. The number of terminal acetylenes is 1. The molecule has 2 N–H and O–H groups in total. The molecule has 0 radical (unpaired) electrons. The number of carbonyl (C=O) groups is 1. The average molecular weight is 727 g/mol. The van der Waals surface area contributed by atoms with E-state index in [0.717, 1.165) is 38.6 Å². The molecule has 4 aliphatic rings. The van der Waals surface area contributed by atoms with E-state index in [-0.39, 0.29) is 58.0 Å². The molecule has 0 unspecified atom stereocenters. The van der Waals surface area contributed by atoms with Gasteiger partial charge in [0.05, 0.1) is 41.4 Å². The fourth-order valence-electron chi connectivity index (χ4n) is 8.75. The molecule has 3 atom stereocenters. The Bertz CT molecular complexity index is 2150. The predicted molar refractivity (Wildman–Crippen MR) is 197 cm³/mol. The lowest BCUT2D eigenvalue weighted by molar-refractivity contribution is 0.0635. The maximum absolute atomic E-state index is 17.5. The molecular formula is C40H44F2N6O5. The smallest absolute Gasteiger partial charge is 0.412 e. The van der Waals surface area contributed by atoms with Crippen molar-refractivity contribution < 1.29 is 32.9 Å². The highest BCUT2D eigenvalue weighted by Crippen LogP contribution is 2.44. The molecule has 11 nitrogen and oxygen atoms in total. The molecular weight excluding hydrogens is 682 g/mol. The molecule has 0 spiro atoms. The van der Waals surface area contributed by atoms with Crippen molar-refractivity contribution in [2.75, 3.05) is 49.7 Å². The molecule has 2 aromatic carbocycles. The van der Waals surface area contributed by atoms with E-state index in [9.17, 15) is 9.90 Å². The van der Waals surface area contributed by atoms with Crippen molar-refractivity contribution in [1.29, 1.82) is 0 Å². The Morgan fingerprint density at radius 1 is 1.13 bits per heavy atom. The van der Waals surface area contributed by atoms with Gasteiger partial charge in [0.15, 0.2) is 5.82 Å². The molecule has 53 heavy (non-hydrogen) atoms. The van der Waals surface area contributed by atoms with Crippen LogP contribution in [0.25, 0.3) is 32.9 Å². The summed E-state index contributed by atoms with van der Waals surface area (Å²) in [5.74, 6) is 1.61. The van der Waals surface area contributed by atoms with Crippen LogP contribution in [0.15, 0.2) is 24.3 Å². The van der Waals surface area contributed by atoms with Crippen molar-refractivity contribution >= 4 is 39.3 Å². The van der Waals surface area contributed by atoms with Gasteiger partial charge in [-0.05, 0) is 95.8 Å². The third kappa shape index (κ3) is 6.40. The minimum Gasteiger partial charge on any atom is -0.461 e. The number of aliphatic hydroxyl groups excluding tert-OH is 1. The van der Waals surface area contributed by atoms with Crippen molar-refractivity contribution in [3.05, 3.63) is 47.2 Å². The second-order valence-electron chi connectivity index (χ2n) is 15.6. The van der Waals surface area contributed by atoms with Gasteiger partial charge < -0.3 is 24.2 Å². The maximum atomic E-state index is 17.5. The van der Waals surface area contributed by atoms with Crippen LogP contribution in [-0.4, -0.2) is 93.8 Å². The number of halogens is 2. The highest BCUT2D eigenvalue weighted by Gasteiger charge is 2.49. The zero-order valence-electron chi connectivity index (χ0n) is 30.3. The topological polar surface area (TPSA) is 122 Å². The van der Waals surface area contributed by atoms with E-state index in [2.05, 4.69) is 21.0 Å². The number of carbonyl (C=O) groups excluding carboxylic acids is 1. The van der Waals surface area contributed by atoms with Crippen LogP contribution in [-0.2, 0) is 15.9 Å². The van der Waals surface area contributed by atoms with Gasteiger partial charge in [0.1, 0.15) is 35.1 Å². The van der Waals surface area contributed by atoms with E-state index >= 15 is 8.78 Å². The third-order valence-electron chi connectivity index (χ3n) is 11.1. The van der Waals surface area contributed by atoms with E-state index < -0.39 is 23.3 Å². The monoisotopic (exact) mass is 726 g/mol. The normalized spacial score (nSPS) is 22.9. The Hall–Kier alpha value is -4.64. The minimum absolute atomic E-state index is 0.0300. The van der Waals surface area contributed by atoms with E-state index in [0.29, 0.717) is 67.2 Å². The number of anilines is 2. The molecule has 1 amide bonds. The summed E-state index contributed by atoms with van der Waals surface area (Å²) in [6, 6.07) is 6.07. The summed E-state index contributed by atoms with van der Waals surface area (Å²) >= 11 is 0. The first-order chi connectivity index (χ1) is 25.5. The Balaban J connectivity index is 1.31. The maximum Gasteiger partial charge on any atom is 0.412 e. The number of nitrogens with one attached hydrogen (secondary N) is 1. The van der Waals surface area contributed by atoms with E-state index in [1.807, 2.05) is 0 Å². The highest BCUT2D eigenvalue weighted by atomic mass is 19.1. The average Bonchev–Trinajstić information content (AvgIpc) is 3.54. The summed E-state index contributed by atoms with van der Waals surface area (Å²) in [6.45, 7) is 8.29. The molecule has 3 fully saturated rings. The van der Waals surface area contributed by atoms with Gasteiger partial charge in [0.2, 0.25) is 0 Å². The quantitative estimate of drug-likeness (QED) is 0.217. The lowest BCUT2D eigenvalue weighted by atomic mass is 9.95. The number of hydrogen-bond acceptors (Lipinski definition) is 10. The summed E-state index contributed by atoms with van der Waals surface area (Å²) in [4.78, 5) is 32.1. The Kier molecular flexibility index (Phi) is 9.11. The minimum atomic E-state index is -0.765. The highest BCUT2D eigenvalue weighted by molar-refractivity contribution is 6.05. The predicted octanol–water partition coefficient (Wildman–Crippen LogP) is 6.36. The van der Waals surface area contributed by atoms with Gasteiger partial charge in [-0.25, -0.2) is 18.6 Å². The molecule has 278 valence electrons. The van der Waals surface area contributed by atoms with Crippen LogP contribution in [0.3, 0.4) is 0 Å². The zero-order valence-corrected chi connectivity index (χ0v) is 30.3. The van der Waals surface area contributed by atoms with Gasteiger partial charge in [-0.3, -0.25) is 10.2 Å². The first kappa shape index (κ1) is 35.4. The Morgan fingerprint density at radius 2 is 1.98 bits per heavy atom. The first-order valence-electron chi connectivity index (χ1n) is 18.5. The van der Waals surface area contributed by atoms with E-state index in [1.54, 1.807) is 32.9 Å². The van der Waals surface area contributed by atoms with Crippen molar-refractivity contribution in [1.82, 2.24) is 19.9 Å². The molecule has 0 bridgehead atoms. The van der Waals surface area contributed by atoms with Crippen LogP contribution in [0.5, 0.6) is 6.01 Å². The number of aryl methyl sites for hydroxylation is 1. The second kappa shape index (κ2) is 13.6. The summed E-state index contributed by atoms with van der Waals surface area (Å²) in [5, 5.41) is 14.0. The summed E-state index contributed by atoms with van der Waals surface area (Å²) < 4.78 is 50.7. The van der Waals surface area contributed by atoms with Crippen LogP contribution >= 0.6 is 0 Å². The number of rotatable bonds is 6. The number of fused-ring (bicyclic) bond motifs is 4. The summed E-state index contributed by atoms with van der Waals surface area (Å²) in [7, 11) is 0. The molecule has 4 aromatic rings. The fraction of sp³-hybridized carbons (Fsp3) is 0.500. The van der Waals surface area contributed by atoms with Gasteiger partial charge >= 0.3 is 12.1 Å².